The summed E-state index contributed by atoms with van der Waals surface area (Å²) in [6, 6.07) is 2.08. The molecule has 0 unspecified atom stereocenters. The summed E-state index contributed by atoms with van der Waals surface area (Å²) in [7, 11) is 0. The Balaban J connectivity index is 2.87. The van der Waals surface area contributed by atoms with Crippen LogP contribution in [-0.4, -0.2) is 18.0 Å². The lowest BCUT2D eigenvalue weighted by Gasteiger charge is -2.18. The number of carbonyl (C=O) groups excluding carboxylic acids is 1. The van der Waals surface area contributed by atoms with Crippen molar-refractivity contribution in [3.05, 3.63) is 35.1 Å². The monoisotopic (exact) mass is 278 g/mol. The quantitative estimate of drug-likeness (QED) is 0.620. The number of alkyl halides is 3. The first-order valence-corrected chi connectivity index (χ1v) is 5.54. The lowest BCUT2D eigenvalue weighted by atomic mass is 10.1. The number of carbonyl (C=O) groups is 1. The summed E-state index contributed by atoms with van der Waals surface area (Å²) in [5, 5.41) is 0. The number of rotatable bonds is 3. The van der Waals surface area contributed by atoms with Gasteiger partial charge in [-0.2, -0.15) is 13.2 Å². The number of ketones is 1. The van der Waals surface area contributed by atoms with Gasteiger partial charge in [0.05, 0.1) is 11.2 Å². The molecule has 0 spiro atoms. The molecular weight excluding hydrogens is 264 g/mol. The third-order valence-corrected chi connectivity index (χ3v) is 2.23. The fourth-order valence-electron chi connectivity index (χ4n) is 1.28. The van der Waals surface area contributed by atoms with Gasteiger partial charge in [0.15, 0.2) is 5.78 Å². The molecule has 106 valence electrons. The van der Waals surface area contributed by atoms with Gasteiger partial charge in [-0.3, -0.25) is 4.79 Å². The first kappa shape index (κ1) is 15.6. The van der Waals surface area contributed by atoms with E-state index in [1.54, 1.807) is 20.8 Å². The van der Waals surface area contributed by atoms with Gasteiger partial charge in [-0.05, 0) is 32.9 Å². The van der Waals surface area contributed by atoms with Gasteiger partial charge >= 0.3 is 6.18 Å². The Labute approximate surface area is 108 Å². The molecule has 0 saturated carbocycles. The van der Waals surface area contributed by atoms with E-state index in [4.69, 9.17) is 4.74 Å². The van der Waals surface area contributed by atoms with Crippen LogP contribution in [0.25, 0.3) is 0 Å². The number of hydrogen-bond donors (Lipinski definition) is 0. The summed E-state index contributed by atoms with van der Waals surface area (Å²) in [6.45, 7) is 4.88. The van der Waals surface area contributed by atoms with Crippen LogP contribution in [0, 0.1) is 5.82 Å². The molecule has 1 aromatic carbocycles. The predicted molar refractivity (Wildman–Crippen MR) is 61.4 cm³/mol. The Morgan fingerprint density at radius 3 is 2.21 bits per heavy atom. The van der Waals surface area contributed by atoms with Crippen molar-refractivity contribution >= 4 is 5.78 Å². The molecule has 1 rings (SSSR count). The van der Waals surface area contributed by atoms with E-state index in [-0.39, 0.29) is 12.2 Å². The molecule has 0 N–H and O–H groups in total. The molecule has 0 radical (unpaired) electrons. The Morgan fingerprint density at radius 1 is 1.21 bits per heavy atom. The molecule has 0 aromatic heterocycles. The van der Waals surface area contributed by atoms with Crippen LogP contribution in [0.4, 0.5) is 17.6 Å². The van der Waals surface area contributed by atoms with Gasteiger partial charge in [-0.25, -0.2) is 4.39 Å². The van der Waals surface area contributed by atoms with E-state index in [1.165, 1.54) is 0 Å². The normalized spacial score (nSPS) is 12.6. The van der Waals surface area contributed by atoms with Gasteiger partial charge in [0.2, 0.25) is 0 Å². The first-order chi connectivity index (χ1) is 8.50. The number of benzene rings is 1. The second-order valence-corrected chi connectivity index (χ2v) is 5.02. The van der Waals surface area contributed by atoms with E-state index in [0.29, 0.717) is 12.1 Å². The van der Waals surface area contributed by atoms with E-state index in [2.05, 4.69) is 0 Å². The molecule has 1 aromatic rings. The lowest BCUT2D eigenvalue weighted by Crippen LogP contribution is -2.23. The third-order valence-electron chi connectivity index (χ3n) is 2.23. The molecule has 0 atom stereocenters. The van der Waals surface area contributed by atoms with E-state index < -0.39 is 28.9 Å². The van der Waals surface area contributed by atoms with E-state index in [0.717, 1.165) is 6.07 Å². The standard InChI is InChI=1S/C13H14F4O2/c1-12(2,3)19-7-11(18)8-4-5-9(10(14)6-8)13(15,16)17/h4-6H,7H2,1-3H3. The van der Waals surface area contributed by atoms with E-state index in [9.17, 15) is 22.4 Å². The van der Waals surface area contributed by atoms with Crippen LogP contribution in [0.1, 0.15) is 36.7 Å². The lowest BCUT2D eigenvalue weighted by molar-refractivity contribution is -0.140. The van der Waals surface area contributed by atoms with Gasteiger partial charge in [-0.15, -0.1) is 0 Å². The Morgan fingerprint density at radius 2 is 1.79 bits per heavy atom. The summed E-state index contributed by atoms with van der Waals surface area (Å²) in [6.07, 6.45) is -4.77. The predicted octanol–water partition coefficient (Wildman–Crippen LogP) is 3.84. The maximum absolute atomic E-state index is 13.3. The van der Waals surface area contributed by atoms with Gasteiger partial charge in [0, 0.05) is 5.56 Å². The zero-order valence-electron chi connectivity index (χ0n) is 10.8. The van der Waals surface area contributed by atoms with Crippen molar-refractivity contribution in [3.63, 3.8) is 0 Å². The average molecular weight is 278 g/mol. The minimum atomic E-state index is -4.77. The second kappa shape index (κ2) is 5.28. The number of Topliss-reactive ketones (excluding diaryl/α,β-unsaturated/α-hetero) is 1. The highest BCUT2D eigenvalue weighted by molar-refractivity contribution is 5.97. The third kappa shape index (κ3) is 4.63. The van der Waals surface area contributed by atoms with Crippen LogP contribution < -0.4 is 0 Å². The molecule has 19 heavy (non-hydrogen) atoms. The van der Waals surface area contributed by atoms with Crippen LogP contribution in [-0.2, 0) is 10.9 Å². The summed E-state index contributed by atoms with van der Waals surface area (Å²) >= 11 is 0. The van der Waals surface area contributed by atoms with Crippen molar-refractivity contribution < 1.29 is 27.1 Å². The van der Waals surface area contributed by atoms with Gasteiger partial charge in [0.25, 0.3) is 0 Å². The molecule has 0 fully saturated rings. The van der Waals surface area contributed by atoms with Crippen molar-refractivity contribution in [3.8, 4) is 0 Å². The summed E-state index contributed by atoms with van der Waals surface area (Å²) in [4.78, 5) is 11.6. The topological polar surface area (TPSA) is 26.3 Å². The van der Waals surface area contributed by atoms with Crippen molar-refractivity contribution in [2.24, 2.45) is 0 Å². The Hall–Kier alpha value is -1.43. The summed E-state index contributed by atoms with van der Waals surface area (Å²) in [5.41, 5.74) is -2.09. The fourth-order valence-corrected chi connectivity index (χ4v) is 1.28. The molecule has 2 nitrogen and oxygen atoms in total. The molecule has 0 heterocycles. The first-order valence-electron chi connectivity index (χ1n) is 5.54. The summed E-state index contributed by atoms with van der Waals surface area (Å²) < 4.78 is 55.5. The molecule has 6 heteroatoms. The van der Waals surface area contributed by atoms with Crippen LogP contribution in [0.3, 0.4) is 0 Å². The largest absolute Gasteiger partial charge is 0.419 e. The van der Waals surface area contributed by atoms with Crippen molar-refractivity contribution in [2.75, 3.05) is 6.61 Å². The van der Waals surface area contributed by atoms with Crippen LogP contribution in [0.15, 0.2) is 18.2 Å². The highest BCUT2D eigenvalue weighted by Gasteiger charge is 2.34. The number of hydrogen-bond acceptors (Lipinski definition) is 2. The molecule has 0 aliphatic heterocycles. The molecule has 0 aliphatic rings. The summed E-state index contributed by atoms with van der Waals surface area (Å²) in [5.74, 6) is -2.03. The zero-order chi connectivity index (χ0) is 14.8. The molecule has 0 amide bonds. The van der Waals surface area contributed by atoms with Crippen molar-refractivity contribution in [1.82, 2.24) is 0 Å². The van der Waals surface area contributed by atoms with Gasteiger partial charge in [0.1, 0.15) is 12.4 Å². The number of halogens is 4. The van der Waals surface area contributed by atoms with E-state index >= 15 is 0 Å². The smallest absolute Gasteiger partial charge is 0.368 e. The second-order valence-electron chi connectivity index (χ2n) is 5.02. The maximum Gasteiger partial charge on any atom is 0.419 e. The number of ether oxygens (including phenoxy) is 1. The minimum absolute atomic E-state index is 0.144. The van der Waals surface area contributed by atoms with Crippen LogP contribution >= 0.6 is 0 Å². The van der Waals surface area contributed by atoms with Crippen molar-refractivity contribution in [1.29, 1.82) is 0 Å². The molecule has 0 aliphatic carbocycles. The highest BCUT2D eigenvalue weighted by atomic mass is 19.4. The van der Waals surface area contributed by atoms with Crippen LogP contribution in [0.5, 0.6) is 0 Å². The maximum atomic E-state index is 13.3. The van der Waals surface area contributed by atoms with Crippen LogP contribution in [0.2, 0.25) is 0 Å². The average Bonchev–Trinajstić information content (AvgIpc) is 2.22. The minimum Gasteiger partial charge on any atom is -0.368 e. The zero-order valence-corrected chi connectivity index (χ0v) is 10.8. The van der Waals surface area contributed by atoms with E-state index in [1.807, 2.05) is 0 Å². The molecular formula is C13H14F4O2. The Bertz CT molecular complexity index is 473. The van der Waals surface area contributed by atoms with Crippen molar-refractivity contribution in [2.45, 2.75) is 32.5 Å². The Kier molecular flexibility index (Phi) is 4.35. The van der Waals surface area contributed by atoms with Gasteiger partial charge in [-0.1, -0.05) is 6.07 Å². The molecule has 0 saturated heterocycles. The SMILES string of the molecule is CC(C)(C)OCC(=O)c1ccc(C(F)(F)F)c(F)c1. The highest BCUT2D eigenvalue weighted by Crippen LogP contribution is 2.31. The molecule has 0 bridgehead atoms. The fraction of sp³-hybridized carbons (Fsp3) is 0.462. The van der Waals surface area contributed by atoms with Gasteiger partial charge < -0.3 is 4.74 Å².